The van der Waals surface area contributed by atoms with Gasteiger partial charge in [0.05, 0.1) is 24.9 Å². The smallest absolute Gasteiger partial charge is 0.319 e. The van der Waals surface area contributed by atoms with Gasteiger partial charge in [0.15, 0.2) is 6.29 Å². The van der Waals surface area contributed by atoms with Crippen LogP contribution in [0.5, 0.6) is 11.5 Å². The van der Waals surface area contributed by atoms with Crippen molar-refractivity contribution in [3.05, 3.63) is 186 Å². The van der Waals surface area contributed by atoms with Crippen LogP contribution in [0.1, 0.15) is 60.2 Å². The fourth-order valence-electron chi connectivity index (χ4n) is 7.31. The highest BCUT2D eigenvalue weighted by Crippen LogP contribution is 2.42. The SMILES string of the molecule is CC1C(CN(C)C(C)C(O)c2ccccc2)OC(c2ccc(-c3ccccc3CNC(=O)Nc3ccc(Oc4ccccc4)cc3)cc2)OC1c1ccc(CO)cc1. The molecule has 1 fully saturated rings. The van der Waals surface area contributed by atoms with E-state index in [2.05, 4.69) is 34.6 Å². The Hall–Kier alpha value is -5.81. The number of aliphatic hydroxyl groups excluding tert-OH is 2. The second-order valence-corrected chi connectivity index (χ2v) is 14.9. The van der Waals surface area contributed by atoms with E-state index in [1.54, 1.807) is 12.1 Å². The summed E-state index contributed by atoms with van der Waals surface area (Å²) in [5.41, 5.74) is 7.23. The Morgan fingerprint density at radius 3 is 2.07 bits per heavy atom. The number of ether oxygens (including phenoxy) is 3. The number of nitrogens with zero attached hydrogens (tertiary/aromatic N) is 1. The van der Waals surface area contributed by atoms with E-state index in [0.717, 1.165) is 44.7 Å². The molecule has 1 aliphatic rings. The summed E-state index contributed by atoms with van der Waals surface area (Å²) in [5.74, 6) is 1.41. The molecule has 1 saturated heterocycles. The molecule has 0 radical (unpaired) electrons. The molecule has 6 unspecified atom stereocenters. The molecule has 9 nitrogen and oxygen atoms in total. The molecule has 1 aliphatic heterocycles. The zero-order valence-electron chi connectivity index (χ0n) is 33.1. The number of hydrogen-bond acceptors (Lipinski definition) is 7. The second kappa shape index (κ2) is 19.1. The molecule has 58 heavy (non-hydrogen) atoms. The molecule has 2 amide bonds. The number of hydrogen-bond donors (Lipinski definition) is 4. The van der Waals surface area contributed by atoms with Crippen LogP contribution in [0.3, 0.4) is 0 Å². The van der Waals surface area contributed by atoms with E-state index in [1.807, 2.05) is 147 Å². The van der Waals surface area contributed by atoms with Crippen molar-refractivity contribution in [2.75, 3.05) is 18.9 Å². The Morgan fingerprint density at radius 1 is 0.759 bits per heavy atom. The molecule has 6 aromatic rings. The maximum Gasteiger partial charge on any atom is 0.319 e. The van der Waals surface area contributed by atoms with Gasteiger partial charge in [-0.25, -0.2) is 4.79 Å². The van der Waals surface area contributed by atoms with Gasteiger partial charge < -0.3 is 35.1 Å². The zero-order valence-corrected chi connectivity index (χ0v) is 33.1. The predicted octanol–water partition coefficient (Wildman–Crippen LogP) is 9.81. The lowest BCUT2D eigenvalue weighted by molar-refractivity contribution is -0.276. The fourth-order valence-corrected chi connectivity index (χ4v) is 7.31. The van der Waals surface area contributed by atoms with Crippen LogP contribution in [0.4, 0.5) is 10.5 Å². The molecule has 1 heterocycles. The van der Waals surface area contributed by atoms with Crippen molar-refractivity contribution in [2.24, 2.45) is 5.92 Å². The molecule has 6 aromatic carbocycles. The quantitative estimate of drug-likeness (QED) is 0.0872. The summed E-state index contributed by atoms with van der Waals surface area (Å²) in [6, 6.07) is 50.2. The Labute approximate surface area is 340 Å². The third-order valence-electron chi connectivity index (χ3n) is 10.9. The van der Waals surface area contributed by atoms with Crippen LogP contribution in [-0.2, 0) is 22.6 Å². The number of para-hydroxylation sites is 1. The van der Waals surface area contributed by atoms with Crippen molar-refractivity contribution in [3.8, 4) is 22.6 Å². The van der Waals surface area contributed by atoms with E-state index >= 15 is 0 Å². The van der Waals surface area contributed by atoms with Crippen LogP contribution in [-0.4, -0.2) is 46.9 Å². The molecule has 0 saturated carbocycles. The topological polar surface area (TPSA) is 113 Å². The molecule has 0 spiro atoms. The van der Waals surface area contributed by atoms with Gasteiger partial charge >= 0.3 is 6.03 Å². The first-order valence-electron chi connectivity index (χ1n) is 19.8. The summed E-state index contributed by atoms with van der Waals surface area (Å²) >= 11 is 0. The van der Waals surface area contributed by atoms with Gasteiger partial charge in [0, 0.05) is 36.3 Å². The Morgan fingerprint density at radius 2 is 1.38 bits per heavy atom. The van der Waals surface area contributed by atoms with Gasteiger partial charge in [-0.05, 0) is 83.8 Å². The van der Waals surface area contributed by atoms with Crippen molar-refractivity contribution in [2.45, 2.75) is 57.6 Å². The molecule has 6 atom stereocenters. The van der Waals surface area contributed by atoms with E-state index in [4.69, 9.17) is 14.2 Å². The van der Waals surface area contributed by atoms with Crippen LogP contribution in [0.2, 0.25) is 0 Å². The van der Waals surface area contributed by atoms with Gasteiger partial charge in [-0.15, -0.1) is 0 Å². The van der Waals surface area contributed by atoms with Crippen LogP contribution < -0.4 is 15.4 Å². The Balaban J connectivity index is 1.03. The monoisotopic (exact) mass is 777 g/mol. The summed E-state index contributed by atoms with van der Waals surface area (Å²) in [6.45, 7) is 5.06. The average molecular weight is 778 g/mol. The second-order valence-electron chi connectivity index (χ2n) is 14.9. The number of anilines is 1. The summed E-state index contributed by atoms with van der Waals surface area (Å²) in [5, 5.41) is 26.8. The molecule has 298 valence electrons. The minimum absolute atomic E-state index is 0.0105. The zero-order chi connectivity index (χ0) is 40.4. The van der Waals surface area contributed by atoms with Crippen LogP contribution in [0, 0.1) is 5.92 Å². The third kappa shape index (κ3) is 10.0. The van der Waals surface area contributed by atoms with E-state index < -0.39 is 12.4 Å². The number of aliphatic hydroxyl groups is 2. The number of benzene rings is 6. The van der Waals surface area contributed by atoms with Crippen molar-refractivity contribution in [3.63, 3.8) is 0 Å². The molecular weight excluding hydrogens is 727 g/mol. The summed E-state index contributed by atoms with van der Waals surface area (Å²) in [4.78, 5) is 15.1. The Bertz CT molecular complexity index is 2200. The normalized spacial score (nSPS) is 18.9. The highest BCUT2D eigenvalue weighted by atomic mass is 16.7. The van der Waals surface area contributed by atoms with E-state index in [-0.39, 0.29) is 36.8 Å². The summed E-state index contributed by atoms with van der Waals surface area (Å²) < 4.78 is 19.4. The lowest BCUT2D eigenvalue weighted by Crippen LogP contribution is -2.46. The number of carbonyl (C=O) groups excluding carboxylic acids is 1. The molecular formula is C49H51N3O6. The highest BCUT2D eigenvalue weighted by Gasteiger charge is 2.39. The van der Waals surface area contributed by atoms with E-state index in [9.17, 15) is 15.0 Å². The van der Waals surface area contributed by atoms with Crippen molar-refractivity contribution in [1.82, 2.24) is 10.2 Å². The molecule has 0 aromatic heterocycles. The van der Waals surface area contributed by atoms with Gasteiger partial charge in [0.2, 0.25) is 0 Å². The number of rotatable bonds is 14. The van der Waals surface area contributed by atoms with Crippen molar-refractivity contribution < 1.29 is 29.2 Å². The lowest BCUT2D eigenvalue weighted by Gasteiger charge is -2.43. The molecule has 0 aliphatic carbocycles. The number of amides is 2. The largest absolute Gasteiger partial charge is 0.457 e. The van der Waals surface area contributed by atoms with Gasteiger partial charge in [-0.1, -0.05) is 128 Å². The summed E-state index contributed by atoms with van der Waals surface area (Å²) in [6.07, 6.45) is -1.77. The maximum atomic E-state index is 12.9. The first kappa shape index (κ1) is 40.4. The van der Waals surface area contributed by atoms with Crippen LogP contribution >= 0.6 is 0 Å². The average Bonchev–Trinajstić information content (AvgIpc) is 3.27. The van der Waals surface area contributed by atoms with E-state index in [0.29, 0.717) is 24.5 Å². The van der Waals surface area contributed by atoms with Crippen LogP contribution in [0.25, 0.3) is 11.1 Å². The number of likely N-dealkylation sites (N-methyl/N-ethyl adjacent to an activating group) is 1. The van der Waals surface area contributed by atoms with Gasteiger partial charge in [0.25, 0.3) is 0 Å². The molecule has 9 heteroatoms. The lowest BCUT2D eigenvalue weighted by atomic mass is 9.89. The van der Waals surface area contributed by atoms with Crippen molar-refractivity contribution >= 4 is 11.7 Å². The summed E-state index contributed by atoms with van der Waals surface area (Å²) in [7, 11) is 2.02. The third-order valence-corrected chi connectivity index (χ3v) is 10.9. The van der Waals surface area contributed by atoms with Gasteiger partial charge in [0.1, 0.15) is 11.5 Å². The Kier molecular flexibility index (Phi) is 13.3. The molecule has 0 bridgehead atoms. The first-order valence-corrected chi connectivity index (χ1v) is 19.8. The first-order chi connectivity index (χ1) is 28.2. The van der Waals surface area contributed by atoms with Crippen LogP contribution in [0.15, 0.2) is 158 Å². The van der Waals surface area contributed by atoms with Gasteiger partial charge in [-0.3, -0.25) is 4.90 Å². The van der Waals surface area contributed by atoms with E-state index in [1.165, 1.54) is 0 Å². The maximum absolute atomic E-state index is 12.9. The van der Waals surface area contributed by atoms with Gasteiger partial charge in [-0.2, -0.15) is 0 Å². The number of urea groups is 1. The number of carbonyl (C=O) groups is 1. The number of nitrogens with one attached hydrogen (secondary N) is 2. The standard InChI is InChI=1S/C49H51N3O6/c1-33-45(31-52(3)34(2)46(54)37-12-6-4-7-13-37)57-48(58-47(33)38-20-18-35(32-53)19-21-38)39-24-22-36(23-25-39)44-17-11-10-14-40(44)30-50-49(55)51-41-26-28-43(29-27-41)56-42-15-8-5-9-16-42/h4-29,33-34,45-48,53-54H,30-32H2,1-3H3,(H2,50,51,55). The fraction of sp³-hybridized carbons (Fsp3) is 0.245. The molecule has 7 rings (SSSR count). The minimum atomic E-state index is -0.655. The molecule has 4 N–H and O–H groups in total. The van der Waals surface area contributed by atoms with Crippen molar-refractivity contribution in [1.29, 1.82) is 0 Å². The predicted molar refractivity (Wildman–Crippen MR) is 227 cm³/mol. The minimum Gasteiger partial charge on any atom is -0.457 e. The highest BCUT2D eigenvalue weighted by molar-refractivity contribution is 5.89.